The number of hydrogen-bond donors (Lipinski definition) is 1. The van der Waals surface area contributed by atoms with Crippen molar-refractivity contribution in [2.75, 3.05) is 6.61 Å². The minimum Gasteiger partial charge on any atom is -0.396 e. The van der Waals surface area contributed by atoms with Crippen LogP contribution in [0, 0.1) is 4.91 Å². The first-order valence-electron chi connectivity index (χ1n) is 4.21. The first-order chi connectivity index (χ1) is 7.12. The lowest BCUT2D eigenvalue weighted by atomic mass is 9.92. The molecule has 0 saturated carbocycles. The molecule has 1 N–H and O–H groups in total. The van der Waals surface area contributed by atoms with Gasteiger partial charge in [0.2, 0.25) is 0 Å². The molecule has 0 fully saturated rings. The zero-order valence-corrected chi connectivity index (χ0v) is 7.90. The summed E-state index contributed by atoms with van der Waals surface area (Å²) >= 11 is 0. The molecule has 3 nitrogen and oxygen atoms in total. The van der Waals surface area contributed by atoms with Gasteiger partial charge >= 0.3 is 12.4 Å². The highest BCUT2D eigenvalue weighted by Crippen LogP contribution is 2.48. The highest BCUT2D eigenvalue weighted by atomic mass is 19.4. The molecule has 0 amide bonds. The van der Waals surface area contributed by atoms with Crippen LogP contribution in [0.2, 0.25) is 0 Å². The molecule has 0 aromatic heterocycles. The average molecular weight is 253 g/mol. The van der Waals surface area contributed by atoms with E-state index < -0.39 is 37.3 Å². The van der Waals surface area contributed by atoms with E-state index in [1.165, 1.54) is 5.18 Å². The first-order valence-corrected chi connectivity index (χ1v) is 4.21. The fourth-order valence-corrected chi connectivity index (χ4v) is 1.09. The Morgan fingerprint density at radius 2 is 1.38 bits per heavy atom. The maximum atomic E-state index is 12.2. The van der Waals surface area contributed by atoms with Gasteiger partial charge in [0.15, 0.2) is 0 Å². The van der Waals surface area contributed by atoms with E-state index in [4.69, 9.17) is 5.11 Å². The van der Waals surface area contributed by atoms with Gasteiger partial charge in [-0.25, -0.2) is 0 Å². The van der Waals surface area contributed by atoms with Gasteiger partial charge in [0.05, 0.1) is 0 Å². The fourth-order valence-electron chi connectivity index (χ4n) is 1.09. The second-order valence-corrected chi connectivity index (χ2v) is 3.13. The van der Waals surface area contributed by atoms with Crippen molar-refractivity contribution in [1.82, 2.24) is 0 Å². The molecule has 0 aliphatic heterocycles. The van der Waals surface area contributed by atoms with Crippen LogP contribution in [0.1, 0.15) is 19.3 Å². The Morgan fingerprint density at radius 1 is 0.938 bits per heavy atom. The highest BCUT2D eigenvalue weighted by molar-refractivity contribution is 5.01. The molecule has 0 bridgehead atoms. The summed E-state index contributed by atoms with van der Waals surface area (Å²) in [7, 11) is 0. The number of unbranched alkanes of at least 4 members (excludes halogenated alkanes) is 1. The predicted octanol–water partition coefficient (Wildman–Crippen LogP) is 2.78. The quantitative estimate of drug-likeness (QED) is 0.465. The predicted molar refractivity (Wildman–Crippen MR) is 41.6 cm³/mol. The van der Waals surface area contributed by atoms with Crippen LogP contribution in [0.3, 0.4) is 0 Å². The van der Waals surface area contributed by atoms with Gasteiger partial charge in [-0.3, -0.25) is 0 Å². The normalized spacial score (nSPS) is 13.9. The molecular weight excluding hydrogens is 244 g/mol. The third-order valence-corrected chi connectivity index (χ3v) is 2.04. The van der Waals surface area contributed by atoms with Crippen molar-refractivity contribution >= 4 is 0 Å². The summed E-state index contributed by atoms with van der Waals surface area (Å²) in [6, 6.07) is 0. The maximum Gasteiger partial charge on any atom is 0.426 e. The largest absolute Gasteiger partial charge is 0.426 e. The molecule has 0 radical (unpaired) electrons. The number of halogens is 6. The molecule has 0 aromatic rings. The van der Waals surface area contributed by atoms with Gasteiger partial charge in [0.1, 0.15) is 0 Å². The molecule has 0 atom stereocenters. The van der Waals surface area contributed by atoms with Gasteiger partial charge in [0, 0.05) is 6.61 Å². The summed E-state index contributed by atoms with van der Waals surface area (Å²) < 4.78 is 73.3. The Morgan fingerprint density at radius 3 is 1.62 bits per heavy atom. The van der Waals surface area contributed by atoms with E-state index in [-0.39, 0.29) is 6.42 Å². The summed E-state index contributed by atoms with van der Waals surface area (Å²) in [5.74, 6) is 0. The molecule has 16 heavy (non-hydrogen) atoms. The summed E-state index contributed by atoms with van der Waals surface area (Å²) in [5.41, 5.74) is -4.57. The second kappa shape index (κ2) is 4.98. The summed E-state index contributed by atoms with van der Waals surface area (Å²) in [5, 5.41) is 9.52. The number of aliphatic hydroxyl groups is 1. The molecule has 0 saturated heterocycles. The van der Waals surface area contributed by atoms with Crippen LogP contribution in [0.4, 0.5) is 26.3 Å². The second-order valence-electron chi connectivity index (χ2n) is 3.13. The third kappa shape index (κ3) is 2.83. The van der Waals surface area contributed by atoms with Crippen molar-refractivity contribution in [1.29, 1.82) is 0 Å². The zero-order chi connectivity index (χ0) is 13.0. The lowest BCUT2D eigenvalue weighted by Crippen LogP contribution is -2.55. The van der Waals surface area contributed by atoms with Gasteiger partial charge in [-0.15, -0.1) is 4.91 Å². The molecule has 9 heteroatoms. The number of nitroso groups, excluding NO2 is 1. The van der Waals surface area contributed by atoms with Crippen molar-refractivity contribution in [3.8, 4) is 0 Å². The van der Waals surface area contributed by atoms with E-state index >= 15 is 0 Å². The van der Waals surface area contributed by atoms with Gasteiger partial charge in [-0.2, -0.15) is 26.3 Å². The minimum atomic E-state index is -5.79. The van der Waals surface area contributed by atoms with Gasteiger partial charge < -0.3 is 5.11 Å². The van der Waals surface area contributed by atoms with Gasteiger partial charge in [0.25, 0.3) is 5.54 Å². The summed E-state index contributed by atoms with van der Waals surface area (Å²) in [6.07, 6.45) is -13.9. The number of hydrogen-bond acceptors (Lipinski definition) is 3. The lowest BCUT2D eigenvalue weighted by Gasteiger charge is -2.30. The van der Waals surface area contributed by atoms with Crippen molar-refractivity contribution in [2.45, 2.75) is 37.2 Å². The smallest absolute Gasteiger partial charge is 0.396 e. The van der Waals surface area contributed by atoms with E-state index in [2.05, 4.69) is 0 Å². The highest BCUT2D eigenvalue weighted by Gasteiger charge is 2.72. The van der Waals surface area contributed by atoms with Crippen LogP contribution in [0.15, 0.2) is 5.18 Å². The number of aliphatic hydroxyl groups excluding tert-OH is 1. The molecule has 0 heterocycles. The van der Waals surface area contributed by atoms with E-state index in [0.717, 1.165) is 0 Å². The molecule has 0 rings (SSSR count). The van der Waals surface area contributed by atoms with Crippen molar-refractivity contribution in [3.63, 3.8) is 0 Å². The molecular formula is C7H9F6NO2. The molecule has 0 unspecified atom stereocenters. The monoisotopic (exact) mass is 253 g/mol. The number of nitrogens with zero attached hydrogens (tertiary/aromatic N) is 1. The Labute approximate surface area is 86.4 Å². The summed E-state index contributed by atoms with van der Waals surface area (Å²) in [6.45, 7) is -0.551. The van der Waals surface area contributed by atoms with E-state index in [0.29, 0.717) is 0 Å². The molecule has 0 aliphatic carbocycles. The zero-order valence-electron chi connectivity index (χ0n) is 7.90. The third-order valence-electron chi connectivity index (χ3n) is 2.04. The van der Waals surface area contributed by atoms with Gasteiger partial charge in [-0.1, -0.05) is 0 Å². The maximum absolute atomic E-state index is 12.2. The topological polar surface area (TPSA) is 49.7 Å². The molecule has 96 valence electrons. The van der Waals surface area contributed by atoms with Crippen LogP contribution in [0.25, 0.3) is 0 Å². The number of rotatable bonds is 5. The van der Waals surface area contributed by atoms with Crippen LogP contribution in [0.5, 0.6) is 0 Å². The minimum absolute atomic E-state index is 0.260. The molecule has 0 aliphatic rings. The van der Waals surface area contributed by atoms with Crippen LogP contribution < -0.4 is 0 Å². The van der Waals surface area contributed by atoms with Crippen LogP contribution in [-0.2, 0) is 0 Å². The van der Waals surface area contributed by atoms with Crippen molar-refractivity contribution in [3.05, 3.63) is 4.91 Å². The Kier molecular flexibility index (Phi) is 4.71. The molecule has 0 spiro atoms. The standard InChI is InChI=1S/C7H9F6NO2/c8-6(9,10)5(14-16,7(11,12)13)3-1-2-4-15/h15H,1-4H2. The average Bonchev–Trinajstić information content (AvgIpc) is 2.08. The Balaban J connectivity index is 5.08. The van der Waals surface area contributed by atoms with E-state index in [1.807, 2.05) is 0 Å². The van der Waals surface area contributed by atoms with Crippen LogP contribution >= 0.6 is 0 Å². The number of alkyl halides is 6. The molecule has 0 aromatic carbocycles. The lowest BCUT2D eigenvalue weighted by molar-refractivity contribution is -0.297. The van der Waals surface area contributed by atoms with Crippen LogP contribution in [-0.4, -0.2) is 29.6 Å². The Hall–Kier alpha value is -0.860. The van der Waals surface area contributed by atoms with E-state index in [9.17, 15) is 31.2 Å². The SMILES string of the molecule is O=NC(CCCCO)(C(F)(F)F)C(F)(F)F. The van der Waals surface area contributed by atoms with E-state index in [1.54, 1.807) is 0 Å². The van der Waals surface area contributed by atoms with Crippen molar-refractivity contribution in [2.24, 2.45) is 5.18 Å². The van der Waals surface area contributed by atoms with Crippen molar-refractivity contribution < 1.29 is 31.4 Å². The summed E-state index contributed by atoms with van der Waals surface area (Å²) in [4.78, 5) is 9.96. The fraction of sp³-hybridized carbons (Fsp3) is 1.00. The Bertz CT molecular complexity index is 222. The first kappa shape index (κ1) is 15.1. The van der Waals surface area contributed by atoms with Gasteiger partial charge in [-0.05, 0) is 24.4 Å².